The molecule has 0 atom stereocenters. The summed E-state index contributed by atoms with van der Waals surface area (Å²) in [6.07, 6.45) is 5.04. The molecule has 19 heavy (non-hydrogen) atoms. The standard InChI is InChI=1S/C14H17N3OSi/c1-11-5-6-12(13(9-11)18-19(2)3)17-10-14-15-7-4-8-16-14/h4-10,19H,1-3H3/p+1. The molecule has 5 heteroatoms. The van der Waals surface area contributed by atoms with Gasteiger partial charge < -0.3 is 4.43 Å². The molecule has 0 amide bonds. The minimum atomic E-state index is -1.15. The zero-order chi connectivity index (χ0) is 13.7. The number of hydrogen-bond donors (Lipinski definition) is 0. The number of aromatic nitrogens is 2. The molecule has 0 unspecified atom stereocenters. The zero-order valence-corrected chi connectivity index (χ0v) is 12.5. The van der Waals surface area contributed by atoms with Crippen LogP contribution in [0, 0.1) is 6.92 Å². The van der Waals surface area contributed by atoms with Crippen molar-refractivity contribution in [2.45, 2.75) is 20.0 Å². The molecule has 1 aromatic carbocycles. The van der Waals surface area contributed by atoms with E-state index in [1.807, 2.05) is 25.1 Å². The van der Waals surface area contributed by atoms with Gasteiger partial charge in [-0.1, -0.05) is 6.07 Å². The summed E-state index contributed by atoms with van der Waals surface area (Å²) in [5.74, 6) is 1.43. The van der Waals surface area contributed by atoms with E-state index in [1.54, 1.807) is 24.7 Å². The van der Waals surface area contributed by atoms with Crippen LogP contribution in [0.5, 0.6) is 5.75 Å². The molecular weight excluding hydrogens is 254 g/mol. The van der Waals surface area contributed by atoms with Crippen molar-refractivity contribution in [1.82, 2.24) is 9.97 Å². The highest BCUT2D eigenvalue weighted by atomic mass is 28.3. The Hall–Kier alpha value is -2.01. The van der Waals surface area contributed by atoms with Crippen LogP contribution in [0.25, 0.3) is 0 Å². The predicted molar refractivity (Wildman–Crippen MR) is 81.1 cm³/mol. The average Bonchev–Trinajstić information content (AvgIpc) is 2.38. The highest BCUT2D eigenvalue weighted by Crippen LogP contribution is 2.28. The van der Waals surface area contributed by atoms with Crippen molar-refractivity contribution in [3.05, 3.63) is 48.0 Å². The van der Waals surface area contributed by atoms with Crippen LogP contribution in [0.3, 0.4) is 0 Å². The molecular formula is C14H18N3OSi+. The fourth-order valence-corrected chi connectivity index (χ4v) is 2.28. The van der Waals surface area contributed by atoms with E-state index in [4.69, 9.17) is 4.43 Å². The molecule has 0 aliphatic heterocycles. The summed E-state index contributed by atoms with van der Waals surface area (Å²) in [6.45, 7) is 6.31. The van der Waals surface area contributed by atoms with Crippen LogP contribution >= 0.6 is 0 Å². The summed E-state index contributed by atoms with van der Waals surface area (Å²) in [5.41, 5.74) is 1.99. The van der Waals surface area contributed by atoms with Gasteiger partial charge in [0.05, 0.1) is 6.21 Å². The lowest BCUT2D eigenvalue weighted by atomic mass is 10.2. The van der Waals surface area contributed by atoms with Crippen molar-refractivity contribution in [2.24, 2.45) is 4.99 Å². The summed E-state index contributed by atoms with van der Waals surface area (Å²) in [4.78, 5) is 12.6. The zero-order valence-electron chi connectivity index (χ0n) is 12.4. The van der Waals surface area contributed by atoms with E-state index < -0.39 is 9.04 Å². The molecule has 98 valence electrons. The second kappa shape index (κ2) is 6.24. The Morgan fingerprint density at radius 3 is 2.68 bits per heavy atom. The lowest BCUT2D eigenvalue weighted by Gasteiger charge is -2.12. The molecule has 1 aromatic heterocycles. The van der Waals surface area contributed by atoms with Gasteiger partial charge in [-0.2, -0.15) is 0 Å². The van der Waals surface area contributed by atoms with Gasteiger partial charge in [-0.25, -0.2) is 15.0 Å². The molecule has 0 bridgehead atoms. The Morgan fingerprint density at radius 2 is 2.00 bits per heavy atom. The molecule has 4 nitrogen and oxygen atoms in total. The van der Waals surface area contributed by atoms with Crippen molar-refractivity contribution < 1.29 is 5.85 Å². The molecule has 2 rings (SSSR count). The highest BCUT2D eigenvalue weighted by molar-refractivity contribution is 6.49. The van der Waals surface area contributed by atoms with Crippen molar-refractivity contribution in [3.8, 4) is 5.75 Å². The number of aliphatic imine (C=N–C) groups is 1. The van der Waals surface area contributed by atoms with Crippen LogP contribution in [0.2, 0.25) is 13.1 Å². The number of nitrogens with zero attached hydrogens (tertiary/aromatic N) is 3. The van der Waals surface area contributed by atoms with Gasteiger partial charge in [0, 0.05) is 12.4 Å². The Morgan fingerprint density at radius 1 is 1.26 bits per heavy atom. The summed E-state index contributed by atoms with van der Waals surface area (Å²) in [5, 5.41) is 0. The number of benzene rings is 1. The van der Waals surface area contributed by atoms with Gasteiger partial charge in [0.25, 0.3) is 0 Å². The molecule has 0 saturated heterocycles. The van der Waals surface area contributed by atoms with Crippen LogP contribution in [0.1, 0.15) is 12.8 Å². The van der Waals surface area contributed by atoms with E-state index in [2.05, 4.69) is 28.1 Å². The minimum Gasteiger partial charge on any atom is -0.546 e. The third kappa shape index (κ3) is 3.99. The molecule has 1 heterocycles. The summed E-state index contributed by atoms with van der Waals surface area (Å²) in [6, 6.07) is 7.78. The van der Waals surface area contributed by atoms with Crippen LogP contribution < -0.4 is 4.43 Å². The maximum absolute atomic E-state index is 5.90. The lowest BCUT2D eigenvalue weighted by Crippen LogP contribution is -2.11. The molecule has 0 aliphatic rings. The van der Waals surface area contributed by atoms with E-state index >= 15 is 0 Å². The number of hydrogen-bond acceptors (Lipinski definition) is 4. The largest absolute Gasteiger partial charge is 1.00 e. The lowest BCUT2D eigenvalue weighted by molar-refractivity contribution is 0.581. The fraction of sp³-hybridized carbons (Fsp3) is 0.214. The van der Waals surface area contributed by atoms with Gasteiger partial charge in [-0.15, -0.1) is 0 Å². The first-order chi connectivity index (χ1) is 9.15. The number of rotatable bonds is 4. The molecule has 0 fully saturated rings. The van der Waals surface area contributed by atoms with Crippen LogP contribution in [-0.4, -0.2) is 25.2 Å². The third-order valence-electron chi connectivity index (χ3n) is 2.38. The Balaban J connectivity index is 0.00000200. The molecule has 0 radical (unpaired) electrons. The van der Waals surface area contributed by atoms with Crippen molar-refractivity contribution >= 4 is 20.9 Å². The molecule has 2 aromatic rings. The highest BCUT2D eigenvalue weighted by Gasteiger charge is 2.05. The van der Waals surface area contributed by atoms with Gasteiger partial charge in [-0.05, 0) is 43.8 Å². The topological polar surface area (TPSA) is 47.4 Å². The van der Waals surface area contributed by atoms with Gasteiger partial charge in [0.2, 0.25) is 9.04 Å². The second-order valence-electron chi connectivity index (χ2n) is 4.50. The first-order valence-corrected chi connectivity index (χ1v) is 9.01. The van der Waals surface area contributed by atoms with Gasteiger partial charge in [0.1, 0.15) is 11.4 Å². The summed E-state index contributed by atoms with van der Waals surface area (Å²) >= 11 is 0. The smallest absolute Gasteiger partial charge is 0.546 e. The van der Waals surface area contributed by atoms with Crippen molar-refractivity contribution in [1.29, 1.82) is 0 Å². The first kappa shape index (κ1) is 13.4. The van der Waals surface area contributed by atoms with Gasteiger partial charge in [-0.3, -0.25) is 0 Å². The number of aryl methyl sites for hydroxylation is 1. The first-order valence-electron chi connectivity index (χ1n) is 6.23. The molecule has 0 saturated carbocycles. The average molecular weight is 272 g/mol. The Labute approximate surface area is 116 Å². The van der Waals surface area contributed by atoms with E-state index in [-0.39, 0.29) is 1.43 Å². The SMILES string of the molecule is Cc1ccc(N=Cc2ncccn2)c(O[SiH](C)C)c1.[H+]. The van der Waals surface area contributed by atoms with Gasteiger partial charge in [0.15, 0.2) is 5.82 Å². The van der Waals surface area contributed by atoms with Crippen LogP contribution in [-0.2, 0) is 0 Å². The fourth-order valence-electron chi connectivity index (χ4n) is 1.58. The third-order valence-corrected chi connectivity index (χ3v) is 3.11. The molecule has 0 aliphatic carbocycles. The maximum Gasteiger partial charge on any atom is 1.00 e. The van der Waals surface area contributed by atoms with E-state index in [0.29, 0.717) is 5.82 Å². The summed E-state index contributed by atoms with van der Waals surface area (Å²) < 4.78 is 5.90. The van der Waals surface area contributed by atoms with Gasteiger partial charge >= 0.3 is 1.43 Å². The molecule has 0 N–H and O–H groups in total. The van der Waals surface area contributed by atoms with E-state index in [1.165, 1.54) is 5.56 Å². The monoisotopic (exact) mass is 272 g/mol. The van der Waals surface area contributed by atoms with Crippen LogP contribution in [0.15, 0.2) is 41.7 Å². The Kier molecular flexibility index (Phi) is 4.41. The van der Waals surface area contributed by atoms with Crippen molar-refractivity contribution in [2.75, 3.05) is 0 Å². The maximum atomic E-state index is 5.90. The van der Waals surface area contributed by atoms with E-state index in [9.17, 15) is 0 Å². The minimum absolute atomic E-state index is 0. The summed E-state index contributed by atoms with van der Waals surface area (Å²) in [7, 11) is -1.15. The normalized spacial score (nSPS) is 11.2. The second-order valence-corrected chi connectivity index (χ2v) is 6.84. The molecule has 0 spiro atoms. The van der Waals surface area contributed by atoms with E-state index in [0.717, 1.165) is 11.4 Å². The quantitative estimate of drug-likeness (QED) is 0.635. The van der Waals surface area contributed by atoms with Crippen molar-refractivity contribution in [3.63, 3.8) is 0 Å². The van der Waals surface area contributed by atoms with Crippen LogP contribution in [0.4, 0.5) is 5.69 Å². The predicted octanol–water partition coefficient (Wildman–Crippen LogP) is 3.01. The Bertz CT molecular complexity index is 576.